The summed E-state index contributed by atoms with van der Waals surface area (Å²) in [6.45, 7) is 0. The Hall–Kier alpha value is -3.63. The van der Waals surface area contributed by atoms with Crippen LogP contribution in [0.2, 0.25) is 0 Å². The van der Waals surface area contributed by atoms with Gasteiger partial charge in [-0.25, -0.2) is 12.4 Å². The first kappa shape index (κ1) is 18.4. The summed E-state index contributed by atoms with van der Waals surface area (Å²) in [6.07, 6.45) is 5.74. The molecule has 3 nitrogen and oxygen atoms in total. The van der Waals surface area contributed by atoms with Crippen molar-refractivity contribution in [2.75, 3.05) is 0 Å². The van der Waals surface area contributed by atoms with Gasteiger partial charge in [0.1, 0.15) is 0 Å². The van der Waals surface area contributed by atoms with Crippen LogP contribution in [0.25, 0.3) is 33.8 Å². The van der Waals surface area contributed by atoms with Gasteiger partial charge in [0.15, 0.2) is 0 Å². The minimum Gasteiger partial charge on any atom is -0.241 e. The highest BCUT2D eigenvalue weighted by Crippen LogP contribution is 2.24. The molecule has 0 N–H and O–H groups in total. The second kappa shape index (κ2) is 7.32. The molecule has 146 valence electrons. The van der Waals surface area contributed by atoms with Gasteiger partial charge in [0.2, 0.25) is 0 Å². The molecule has 0 aliphatic rings. The average Bonchev–Trinajstić information content (AvgIpc) is 3.22. The van der Waals surface area contributed by atoms with Crippen LogP contribution < -0.4 is 0 Å². The summed E-state index contributed by atoms with van der Waals surface area (Å²) in [5, 5.41) is 3.31. The van der Waals surface area contributed by atoms with Gasteiger partial charge in [0, 0.05) is 11.6 Å². The van der Waals surface area contributed by atoms with Crippen molar-refractivity contribution in [1.82, 2.24) is 3.97 Å². The summed E-state index contributed by atoms with van der Waals surface area (Å²) in [7, 11) is -3.61. The highest BCUT2D eigenvalue weighted by molar-refractivity contribution is 7.90. The Balaban J connectivity index is 1.48. The fourth-order valence-electron chi connectivity index (χ4n) is 3.66. The van der Waals surface area contributed by atoms with Crippen molar-refractivity contribution >= 4 is 43.9 Å². The molecule has 0 aliphatic carbocycles. The van der Waals surface area contributed by atoms with E-state index in [0.717, 1.165) is 16.5 Å². The van der Waals surface area contributed by atoms with E-state index in [1.54, 1.807) is 36.5 Å². The second-order valence-electron chi connectivity index (χ2n) is 7.19. The lowest BCUT2D eigenvalue weighted by atomic mass is 10.1. The van der Waals surface area contributed by atoms with E-state index in [0.29, 0.717) is 5.52 Å². The molecule has 5 rings (SSSR count). The van der Waals surface area contributed by atoms with Crippen LogP contribution in [0.3, 0.4) is 0 Å². The number of nitrogens with zero attached hydrogens (tertiary/aromatic N) is 1. The molecular formula is C26H19NO2S. The maximum absolute atomic E-state index is 13.0. The third-order valence-electron chi connectivity index (χ3n) is 5.22. The smallest absolute Gasteiger partial charge is 0.241 e. The summed E-state index contributed by atoms with van der Waals surface area (Å²) in [6, 6.07) is 30.8. The van der Waals surface area contributed by atoms with E-state index in [1.807, 2.05) is 42.5 Å². The van der Waals surface area contributed by atoms with Crippen LogP contribution in [0.4, 0.5) is 0 Å². The molecule has 0 bridgehead atoms. The Morgan fingerprint density at radius 2 is 1.23 bits per heavy atom. The highest BCUT2D eigenvalue weighted by atomic mass is 32.2. The summed E-state index contributed by atoms with van der Waals surface area (Å²) in [5.74, 6) is 0. The fourth-order valence-corrected chi connectivity index (χ4v) is 5.03. The number of benzene rings is 4. The number of hydrogen-bond acceptors (Lipinski definition) is 2. The summed E-state index contributed by atoms with van der Waals surface area (Å²) in [4.78, 5) is 0.280. The van der Waals surface area contributed by atoms with Gasteiger partial charge in [-0.05, 0) is 58.3 Å². The standard InChI is InChI=1S/C26H19NO2S/c28-30(29,25-8-2-1-3-9-25)27-17-16-24-19-21(13-15-26(24)27)11-10-20-12-14-22-6-4-5-7-23(22)18-20/h1-19H/b11-10-. The van der Waals surface area contributed by atoms with Gasteiger partial charge < -0.3 is 0 Å². The van der Waals surface area contributed by atoms with Gasteiger partial charge in [-0.2, -0.15) is 0 Å². The molecule has 30 heavy (non-hydrogen) atoms. The molecule has 4 heteroatoms. The molecule has 1 heterocycles. The van der Waals surface area contributed by atoms with Gasteiger partial charge in [0.05, 0.1) is 10.4 Å². The highest BCUT2D eigenvalue weighted by Gasteiger charge is 2.18. The number of aromatic nitrogens is 1. The van der Waals surface area contributed by atoms with Crippen LogP contribution in [0.1, 0.15) is 11.1 Å². The summed E-state index contributed by atoms with van der Waals surface area (Å²) in [5.41, 5.74) is 2.81. The molecular weight excluding hydrogens is 390 g/mol. The molecule has 1 aromatic heterocycles. The molecule has 0 saturated carbocycles. The normalized spacial score (nSPS) is 12.1. The van der Waals surface area contributed by atoms with Crippen molar-refractivity contribution in [2.45, 2.75) is 4.90 Å². The van der Waals surface area contributed by atoms with Crippen LogP contribution >= 0.6 is 0 Å². The van der Waals surface area contributed by atoms with Gasteiger partial charge in [0.25, 0.3) is 10.0 Å². The van der Waals surface area contributed by atoms with Gasteiger partial charge in [-0.3, -0.25) is 0 Å². The Morgan fingerprint density at radius 3 is 2.00 bits per heavy atom. The molecule has 0 radical (unpaired) electrons. The van der Waals surface area contributed by atoms with E-state index < -0.39 is 10.0 Å². The van der Waals surface area contributed by atoms with E-state index in [4.69, 9.17) is 0 Å². The predicted octanol–water partition coefficient (Wildman–Crippen LogP) is 6.20. The van der Waals surface area contributed by atoms with Crippen molar-refractivity contribution < 1.29 is 8.42 Å². The van der Waals surface area contributed by atoms with Crippen LogP contribution in [-0.4, -0.2) is 12.4 Å². The van der Waals surface area contributed by atoms with Crippen molar-refractivity contribution in [3.8, 4) is 0 Å². The number of hydrogen-bond donors (Lipinski definition) is 0. The summed E-state index contributed by atoms with van der Waals surface area (Å²) < 4.78 is 27.3. The van der Waals surface area contributed by atoms with Crippen LogP contribution in [0.5, 0.6) is 0 Å². The maximum Gasteiger partial charge on any atom is 0.268 e. The molecule has 4 aromatic carbocycles. The van der Waals surface area contributed by atoms with Gasteiger partial charge >= 0.3 is 0 Å². The Kier molecular flexibility index (Phi) is 4.49. The molecule has 0 amide bonds. The van der Waals surface area contributed by atoms with Gasteiger partial charge in [-0.15, -0.1) is 0 Å². The van der Waals surface area contributed by atoms with E-state index in [-0.39, 0.29) is 4.90 Å². The minimum atomic E-state index is -3.61. The molecule has 0 unspecified atom stereocenters. The van der Waals surface area contributed by atoms with Crippen molar-refractivity contribution in [2.24, 2.45) is 0 Å². The molecule has 5 aromatic rings. The third-order valence-corrected chi connectivity index (χ3v) is 6.92. The molecule has 0 atom stereocenters. The zero-order valence-corrected chi connectivity index (χ0v) is 17.0. The number of rotatable bonds is 4. The Labute approximate surface area is 175 Å². The lowest BCUT2D eigenvalue weighted by Crippen LogP contribution is -2.11. The molecule has 0 aliphatic heterocycles. The molecule has 0 spiro atoms. The first-order valence-corrected chi connectivity index (χ1v) is 11.1. The van der Waals surface area contributed by atoms with Gasteiger partial charge in [-0.1, -0.05) is 72.8 Å². The van der Waals surface area contributed by atoms with E-state index in [9.17, 15) is 8.42 Å². The monoisotopic (exact) mass is 409 g/mol. The predicted molar refractivity (Wildman–Crippen MR) is 124 cm³/mol. The SMILES string of the molecule is O=S(=O)(c1ccccc1)n1ccc2cc(/C=C\c3ccc4ccccc4c3)ccc21. The first-order chi connectivity index (χ1) is 14.6. The van der Waals surface area contributed by atoms with E-state index in [2.05, 4.69) is 36.4 Å². The van der Waals surface area contributed by atoms with Crippen LogP contribution in [0.15, 0.2) is 108 Å². The summed E-state index contributed by atoms with van der Waals surface area (Å²) >= 11 is 0. The zero-order chi connectivity index (χ0) is 20.6. The molecule has 0 saturated heterocycles. The zero-order valence-electron chi connectivity index (χ0n) is 16.1. The quantitative estimate of drug-likeness (QED) is 0.331. The molecule has 0 fully saturated rings. The topological polar surface area (TPSA) is 39.1 Å². The number of fused-ring (bicyclic) bond motifs is 2. The van der Waals surface area contributed by atoms with Crippen LogP contribution in [0, 0.1) is 0 Å². The second-order valence-corrected chi connectivity index (χ2v) is 9.00. The Morgan fingerprint density at radius 1 is 0.600 bits per heavy atom. The fraction of sp³-hybridized carbons (Fsp3) is 0. The average molecular weight is 410 g/mol. The Bertz CT molecular complexity index is 1500. The minimum absolute atomic E-state index is 0.280. The van der Waals surface area contributed by atoms with Crippen molar-refractivity contribution in [3.63, 3.8) is 0 Å². The van der Waals surface area contributed by atoms with Crippen LogP contribution in [-0.2, 0) is 10.0 Å². The van der Waals surface area contributed by atoms with Crippen molar-refractivity contribution in [3.05, 3.63) is 114 Å². The van der Waals surface area contributed by atoms with E-state index >= 15 is 0 Å². The third kappa shape index (κ3) is 3.31. The maximum atomic E-state index is 13.0. The lowest BCUT2D eigenvalue weighted by Gasteiger charge is -2.07. The van der Waals surface area contributed by atoms with Crippen molar-refractivity contribution in [1.29, 1.82) is 0 Å². The van der Waals surface area contributed by atoms with E-state index in [1.165, 1.54) is 14.7 Å². The lowest BCUT2D eigenvalue weighted by molar-refractivity contribution is 0.589. The largest absolute Gasteiger partial charge is 0.268 e. The first-order valence-electron chi connectivity index (χ1n) is 9.70.